The van der Waals surface area contributed by atoms with Crippen molar-refractivity contribution in [3.05, 3.63) is 77.5 Å². The van der Waals surface area contributed by atoms with Gasteiger partial charge in [0, 0.05) is 31.8 Å². The van der Waals surface area contributed by atoms with Gasteiger partial charge < -0.3 is 14.8 Å². The molecule has 2 aromatic heterocycles. The van der Waals surface area contributed by atoms with Gasteiger partial charge in [-0.25, -0.2) is 9.59 Å². The molecule has 1 atom stereocenters. The fourth-order valence-electron chi connectivity index (χ4n) is 3.33. The predicted molar refractivity (Wildman–Crippen MR) is 144 cm³/mol. The molecule has 11 heteroatoms. The first-order valence-electron chi connectivity index (χ1n) is 10.5. The van der Waals surface area contributed by atoms with Gasteiger partial charge in [-0.05, 0) is 76.7 Å². The van der Waals surface area contributed by atoms with Gasteiger partial charge in [-0.15, -0.1) is 22.7 Å². The Kier molecular flexibility index (Phi) is 9.14. The summed E-state index contributed by atoms with van der Waals surface area (Å²) in [4.78, 5) is 46.4. The van der Waals surface area contributed by atoms with Gasteiger partial charge in [-0.1, -0.05) is 30.3 Å². The lowest BCUT2D eigenvalue weighted by Gasteiger charge is -2.38. The Labute approximate surface area is 228 Å². The summed E-state index contributed by atoms with van der Waals surface area (Å²) in [5, 5.41) is 14.5. The summed E-state index contributed by atoms with van der Waals surface area (Å²) in [7, 11) is 0. The van der Waals surface area contributed by atoms with E-state index in [9.17, 15) is 19.5 Å². The molecule has 3 aromatic rings. The molecule has 186 valence electrons. The number of thiophene rings is 2. The average Bonchev–Trinajstić information content (AvgIpc) is 3.42. The van der Waals surface area contributed by atoms with E-state index < -0.39 is 29.6 Å². The highest BCUT2D eigenvalue weighted by molar-refractivity contribution is 9.10. The van der Waals surface area contributed by atoms with E-state index in [-0.39, 0.29) is 13.0 Å². The summed E-state index contributed by atoms with van der Waals surface area (Å²) in [6, 6.07) is 11.9. The molecule has 0 saturated carbocycles. The number of hydroxylamine groups is 2. The fraction of sp³-hybridized carbons (Fsp3) is 0.292. The van der Waals surface area contributed by atoms with Crippen molar-refractivity contribution < 1.29 is 24.3 Å². The van der Waals surface area contributed by atoms with Crippen molar-refractivity contribution in [2.45, 2.75) is 38.8 Å². The molecule has 0 spiro atoms. The van der Waals surface area contributed by atoms with Crippen LogP contribution in [0.5, 0.6) is 0 Å². The molecular weight excluding hydrogens is 620 g/mol. The van der Waals surface area contributed by atoms with Crippen molar-refractivity contribution in [2.75, 3.05) is 6.54 Å². The molecule has 0 saturated heterocycles. The first kappa shape index (κ1) is 27.4. The Morgan fingerprint density at radius 1 is 1.00 bits per heavy atom. The van der Waals surface area contributed by atoms with Gasteiger partial charge in [0.15, 0.2) is 0 Å². The van der Waals surface area contributed by atoms with E-state index >= 15 is 0 Å². The number of rotatable bonds is 7. The number of carboxylic acid groups (broad SMARTS) is 1. The Bertz CT molecular complexity index is 1190. The second kappa shape index (κ2) is 11.7. The van der Waals surface area contributed by atoms with Gasteiger partial charge in [-0.2, -0.15) is 5.06 Å². The van der Waals surface area contributed by atoms with Crippen LogP contribution in [0.15, 0.2) is 62.2 Å². The van der Waals surface area contributed by atoms with Crippen LogP contribution in [0.1, 0.15) is 45.7 Å². The van der Waals surface area contributed by atoms with Crippen molar-refractivity contribution in [3.8, 4) is 0 Å². The first-order chi connectivity index (χ1) is 16.5. The number of carbonyl (C=O) groups is 3. The van der Waals surface area contributed by atoms with Crippen LogP contribution in [0.25, 0.3) is 0 Å². The third kappa shape index (κ3) is 7.39. The van der Waals surface area contributed by atoms with Crippen LogP contribution in [-0.4, -0.2) is 51.2 Å². The van der Waals surface area contributed by atoms with Crippen molar-refractivity contribution in [1.82, 2.24) is 9.96 Å². The second-order valence-electron chi connectivity index (χ2n) is 8.68. The lowest BCUT2D eigenvalue weighted by molar-refractivity contribution is -0.111. The smallest absolute Gasteiger partial charge is 0.407 e. The van der Waals surface area contributed by atoms with Gasteiger partial charge in [0.2, 0.25) is 0 Å². The number of hydrogen-bond donors (Lipinski definition) is 1. The molecule has 2 amide bonds. The lowest BCUT2D eigenvalue weighted by Crippen LogP contribution is -2.54. The van der Waals surface area contributed by atoms with Crippen molar-refractivity contribution >= 4 is 72.5 Å². The minimum Gasteiger partial charge on any atom is -0.465 e. The molecular formula is C24H24Br2N2O5S2. The molecule has 35 heavy (non-hydrogen) atoms. The van der Waals surface area contributed by atoms with Crippen molar-refractivity contribution in [1.29, 1.82) is 0 Å². The molecule has 0 aliphatic rings. The largest absolute Gasteiger partial charge is 0.465 e. The van der Waals surface area contributed by atoms with E-state index in [1.165, 1.54) is 27.6 Å². The summed E-state index contributed by atoms with van der Waals surface area (Å²) < 4.78 is 1.45. The minimum atomic E-state index is -1.13. The Morgan fingerprint density at radius 2 is 1.57 bits per heavy atom. The molecule has 0 fully saturated rings. The fourth-order valence-corrected chi connectivity index (χ4v) is 5.98. The molecule has 0 bridgehead atoms. The highest BCUT2D eigenvalue weighted by Crippen LogP contribution is 2.27. The van der Waals surface area contributed by atoms with Crippen LogP contribution in [0.3, 0.4) is 0 Å². The standard InChI is InChI=1S/C24H24Br2N2O5S2/c1-24(2,3)27(23(31)32)12-18(9-15-7-5-4-6-8-15)28(21(29)19-10-16(25)13-34-19)33-22(30)20-11-17(26)14-35-20/h4-8,10-11,13-14,18H,9,12H2,1-3H3,(H,31,32). The summed E-state index contributed by atoms with van der Waals surface area (Å²) in [6.07, 6.45) is -0.851. The summed E-state index contributed by atoms with van der Waals surface area (Å²) in [6.45, 7) is 5.27. The van der Waals surface area contributed by atoms with E-state index in [1.807, 2.05) is 30.3 Å². The summed E-state index contributed by atoms with van der Waals surface area (Å²) in [5.74, 6) is -1.22. The molecule has 1 N–H and O–H groups in total. The Balaban J connectivity index is 2.04. The number of hydrogen-bond acceptors (Lipinski definition) is 6. The predicted octanol–water partition coefficient (Wildman–Crippen LogP) is 6.94. The Morgan fingerprint density at radius 3 is 2.06 bits per heavy atom. The third-order valence-corrected chi connectivity index (χ3v) is 8.36. The zero-order valence-corrected chi connectivity index (χ0v) is 24.0. The van der Waals surface area contributed by atoms with Gasteiger partial charge in [0.25, 0.3) is 5.91 Å². The SMILES string of the molecule is CC(C)(C)N(CC(Cc1ccccc1)N(OC(=O)c1cc(Br)cs1)C(=O)c1cc(Br)cs1)C(=O)O. The second-order valence-corrected chi connectivity index (χ2v) is 12.3. The van der Waals surface area contributed by atoms with Crippen LogP contribution < -0.4 is 0 Å². The van der Waals surface area contributed by atoms with Crippen molar-refractivity contribution in [2.24, 2.45) is 0 Å². The zero-order chi connectivity index (χ0) is 25.8. The van der Waals surface area contributed by atoms with Gasteiger partial charge in [-0.3, -0.25) is 4.79 Å². The van der Waals surface area contributed by atoms with Crippen LogP contribution >= 0.6 is 54.5 Å². The topological polar surface area (TPSA) is 87.2 Å². The third-order valence-electron chi connectivity index (χ3n) is 5.01. The average molecular weight is 644 g/mol. The highest BCUT2D eigenvalue weighted by Gasteiger charge is 2.36. The van der Waals surface area contributed by atoms with E-state index in [1.54, 1.807) is 43.7 Å². The highest BCUT2D eigenvalue weighted by atomic mass is 79.9. The maximum absolute atomic E-state index is 13.6. The number of benzene rings is 1. The van der Waals surface area contributed by atoms with Crippen LogP contribution in [0.4, 0.5) is 4.79 Å². The van der Waals surface area contributed by atoms with Crippen LogP contribution in [0, 0.1) is 0 Å². The van der Waals surface area contributed by atoms with Crippen molar-refractivity contribution in [3.63, 3.8) is 0 Å². The zero-order valence-electron chi connectivity index (χ0n) is 19.2. The quantitative estimate of drug-likeness (QED) is 0.282. The Hall–Kier alpha value is -2.21. The molecule has 2 heterocycles. The molecule has 3 rings (SSSR count). The maximum atomic E-state index is 13.6. The normalized spacial score (nSPS) is 12.1. The van der Waals surface area contributed by atoms with Gasteiger partial charge in [0.1, 0.15) is 4.88 Å². The van der Waals surface area contributed by atoms with Gasteiger partial charge in [0.05, 0.1) is 10.9 Å². The number of halogens is 2. The van der Waals surface area contributed by atoms with Crippen LogP contribution in [-0.2, 0) is 11.3 Å². The summed E-state index contributed by atoms with van der Waals surface area (Å²) in [5.41, 5.74) is 0.126. The molecule has 0 aliphatic heterocycles. The molecule has 0 aliphatic carbocycles. The number of nitrogens with zero attached hydrogens (tertiary/aromatic N) is 2. The monoisotopic (exact) mass is 642 g/mol. The lowest BCUT2D eigenvalue weighted by atomic mass is 10.0. The van der Waals surface area contributed by atoms with Crippen LogP contribution in [0.2, 0.25) is 0 Å². The molecule has 1 unspecified atom stereocenters. The summed E-state index contributed by atoms with van der Waals surface area (Å²) >= 11 is 9.07. The van der Waals surface area contributed by atoms with E-state index in [2.05, 4.69) is 31.9 Å². The molecule has 0 radical (unpaired) electrons. The number of carbonyl (C=O) groups excluding carboxylic acids is 2. The first-order valence-corrected chi connectivity index (χ1v) is 13.9. The van der Waals surface area contributed by atoms with E-state index in [0.717, 1.165) is 19.6 Å². The molecule has 7 nitrogen and oxygen atoms in total. The van der Waals surface area contributed by atoms with Gasteiger partial charge >= 0.3 is 12.1 Å². The molecule has 1 aromatic carbocycles. The van der Waals surface area contributed by atoms with E-state index in [0.29, 0.717) is 9.75 Å². The number of amides is 2. The maximum Gasteiger partial charge on any atom is 0.407 e. The van der Waals surface area contributed by atoms with E-state index in [4.69, 9.17) is 4.84 Å². The minimum absolute atomic E-state index is 0.0621.